The summed E-state index contributed by atoms with van der Waals surface area (Å²) in [6, 6.07) is 12.5. The lowest BCUT2D eigenvalue weighted by Gasteiger charge is -2.04. The Balaban J connectivity index is 2.19. The van der Waals surface area contributed by atoms with Crippen LogP contribution in [0.1, 0.15) is 15.9 Å². The molecule has 16 heavy (non-hydrogen) atoms. The number of esters is 1. The number of hydrogen-bond donors (Lipinski definition) is 0. The van der Waals surface area contributed by atoms with Gasteiger partial charge in [0.25, 0.3) is 0 Å². The van der Waals surface area contributed by atoms with Gasteiger partial charge in [-0.25, -0.2) is 9.78 Å². The molecule has 3 heteroatoms. The molecule has 1 aromatic carbocycles. The number of ether oxygens (including phenoxy) is 1. The fraction of sp³-hybridized carbons (Fsp3) is 0.0769. The third kappa shape index (κ3) is 2.25. The van der Waals surface area contributed by atoms with Crippen molar-refractivity contribution in [3.63, 3.8) is 0 Å². The number of pyridine rings is 1. The highest BCUT2D eigenvalue weighted by atomic mass is 16.5. The summed E-state index contributed by atoms with van der Waals surface area (Å²) in [6.45, 7) is 1.87. The number of hydrogen-bond acceptors (Lipinski definition) is 3. The molecule has 2 rings (SSSR count). The van der Waals surface area contributed by atoms with Crippen molar-refractivity contribution in [2.45, 2.75) is 6.92 Å². The van der Waals surface area contributed by atoms with Crippen molar-refractivity contribution < 1.29 is 9.53 Å². The average Bonchev–Trinajstić information content (AvgIpc) is 2.31. The van der Waals surface area contributed by atoms with Gasteiger partial charge >= 0.3 is 5.97 Å². The molecule has 2 aromatic rings. The maximum atomic E-state index is 11.8. The summed E-state index contributed by atoms with van der Waals surface area (Å²) in [4.78, 5) is 15.7. The predicted molar refractivity (Wildman–Crippen MR) is 60.4 cm³/mol. The van der Waals surface area contributed by atoms with Crippen LogP contribution in [-0.2, 0) is 0 Å². The van der Waals surface area contributed by atoms with Gasteiger partial charge < -0.3 is 4.74 Å². The van der Waals surface area contributed by atoms with Gasteiger partial charge in [0.15, 0.2) is 0 Å². The Morgan fingerprint density at radius 1 is 1.12 bits per heavy atom. The molecule has 0 atom stereocenters. The number of aryl methyl sites for hydroxylation is 1. The average molecular weight is 213 g/mol. The van der Waals surface area contributed by atoms with Gasteiger partial charge in [-0.1, -0.05) is 24.3 Å². The van der Waals surface area contributed by atoms with E-state index in [0.29, 0.717) is 11.4 Å². The maximum Gasteiger partial charge on any atom is 0.345 e. The zero-order chi connectivity index (χ0) is 11.4. The normalized spacial score (nSPS) is 9.81. The fourth-order valence-corrected chi connectivity index (χ4v) is 1.36. The van der Waals surface area contributed by atoms with E-state index in [-0.39, 0.29) is 5.97 Å². The molecule has 0 spiro atoms. The Bertz CT molecular complexity index is 494. The van der Waals surface area contributed by atoms with Crippen LogP contribution >= 0.6 is 0 Å². The molecule has 0 amide bonds. The first-order chi connectivity index (χ1) is 7.77. The van der Waals surface area contributed by atoms with Gasteiger partial charge in [-0.2, -0.15) is 0 Å². The Hall–Kier alpha value is -2.16. The highest BCUT2D eigenvalue weighted by molar-refractivity contribution is 5.92. The van der Waals surface area contributed by atoms with Crippen LogP contribution < -0.4 is 4.74 Å². The van der Waals surface area contributed by atoms with Crippen LogP contribution in [0.2, 0.25) is 0 Å². The van der Waals surface area contributed by atoms with Crippen LogP contribution in [0.5, 0.6) is 5.88 Å². The van der Waals surface area contributed by atoms with Crippen molar-refractivity contribution in [2.75, 3.05) is 0 Å². The lowest BCUT2D eigenvalue weighted by atomic mass is 10.1. The van der Waals surface area contributed by atoms with Crippen LogP contribution in [0.3, 0.4) is 0 Å². The van der Waals surface area contributed by atoms with Crippen molar-refractivity contribution >= 4 is 5.97 Å². The van der Waals surface area contributed by atoms with Crippen molar-refractivity contribution in [3.05, 3.63) is 59.8 Å². The quantitative estimate of drug-likeness (QED) is 0.720. The van der Waals surface area contributed by atoms with Gasteiger partial charge in [0.05, 0.1) is 5.56 Å². The number of carbonyl (C=O) groups excluding carboxylic acids is 1. The van der Waals surface area contributed by atoms with E-state index in [1.54, 1.807) is 30.5 Å². The molecule has 0 bridgehead atoms. The van der Waals surface area contributed by atoms with Crippen molar-refractivity contribution in [2.24, 2.45) is 0 Å². The molecule has 3 nitrogen and oxygen atoms in total. The second kappa shape index (κ2) is 4.57. The van der Waals surface area contributed by atoms with Gasteiger partial charge in [0, 0.05) is 12.3 Å². The van der Waals surface area contributed by atoms with E-state index in [4.69, 9.17) is 4.74 Å². The summed E-state index contributed by atoms with van der Waals surface area (Å²) in [6.07, 6.45) is 1.58. The molecule has 0 aliphatic carbocycles. The third-order valence-electron chi connectivity index (χ3n) is 2.20. The van der Waals surface area contributed by atoms with Gasteiger partial charge in [-0.05, 0) is 24.6 Å². The van der Waals surface area contributed by atoms with Crippen molar-refractivity contribution in [1.29, 1.82) is 0 Å². The molecule has 0 unspecified atom stereocenters. The Morgan fingerprint density at radius 3 is 2.56 bits per heavy atom. The summed E-state index contributed by atoms with van der Waals surface area (Å²) >= 11 is 0. The number of carbonyl (C=O) groups is 1. The number of aromatic nitrogens is 1. The molecule has 80 valence electrons. The van der Waals surface area contributed by atoms with E-state index in [0.717, 1.165) is 5.56 Å². The summed E-state index contributed by atoms with van der Waals surface area (Å²) in [5.41, 5.74) is 1.46. The van der Waals surface area contributed by atoms with Gasteiger partial charge in [0.2, 0.25) is 5.88 Å². The second-order valence-electron chi connectivity index (χ2n) is 3.37. The second-order valence-corrected chi connectivity index (χ2v) is 3.37. The molecule has 0 saturated carbocycles. The lowest BCUT2D eigenvalue weighted by Crippen LogP contribution is -2.10. The first kappa shape index (κ1) is 10.4. The number of nitrogens with zero attached hydrogens (tertiary/aromatic N) is 1. The highest BCUT2D eigenvalue weighted by Crippen LogP contribution is 2.11. The monoisotopic (exact) mass is 213 g/mol. The van der Waals surface area contributed by atoms with Crippen LogP contribution in [0, 0.1) is 6.92 Å². The minimum atomic E-state index is -0.378. The van der Waals surface area contributed by atoms with Crippen LogP contribution in [0.15, 0.2) is 48.7 Å². The molecular weight excluding hydrogens is 202 g/mol. The van der Waals surface area contributed by atoms with Crippen LogP contribution in [0.4, 0.5) is 0 Å². The molecule has 0 aliphatic rings. The topological polar surface area (TPSA) is 39.2 Å². The minimum absolute atomic E-state index is 0.316. The molecule has 0 saturated heterocycles. The molecule has 0 aliphatic heterocycles. The highest BCUT2D eigenvalue weighted by Gasteiger charge is 2.10. The Labute approximate surface area is 93.7 Å². The van der Waals surface area contributed by atoms with E-state index in [1.165, 1.54) is 0 Å². The smallest absolute Gasteiger partial charge is 0.345 e. The molecule has 0 radical (unpaired) electrons. The first-order valence-electron chi connectivity index (χ1n) is 4.96. The summed E-state index contributed by atoms with van der Waals surface area (Å²) in [7, 11) is 0. The maximum absolute atomic E-state index is 11.8. The predicted octanol–water partition coefficient (Wildman–Crippen LogP) is 2.61. The van der Waals surface area contributed by atoms with Crippen LogP contribution in [-0.4, -0.2) is 11.0 Å². The van der Waals surface area contributed by atoms with E-state index >= 15 is 0 Å². The Morgan fingerprint density at radius 2 is 1.88 bits per heavy atom. The van der Waals surface area contributed by atoms with Gasteiger partial charge in [0.1, 0.15) is 0 Å². The summed E-state index contributed by atoms with van der Waals surface area (Å²) < 4.78 is 5.13. The van der Waals surface area contributed by atoms with E-state index < -0.39 is 0 Å². The largest absolute Gasteiger partial charge is 0.404 e. The van der Waals surface area contributed by atoms with Crippen LogP contribution in [0.25, 0.3) is 0 Å². The zero-order valence-corrected chi connectivity index (χ0v) is 8.88. The van der Waals surface area contributed by atoms with Gasteiger partial charge in [-0.15, -0.1) is 0 Å². The Kier molecular flexibility index (Phi) is 2.96. The van der Waals surface area contributed by atoms with Crippen molar-refractivity contribution in [3.8, 4) is 5.88 Å². The van der Waals surface area contributed by atoms with Crippen molar-refractivity contribution in [1.82, 2.24) is 4.98 Å². The molecule has 0 fully saturated rings. The standard InChI is InChI=1S/C13H11NO2/c1-10-6-2-3-7-11(10)13(15)16-12-8-4-5-9-14-12/h2-9H,1H3. The molecular formula is C13H11NO2. The van der Waals surface area contributed by atoms with E-state index in [1.807, 2.05) is 25.1 Å². The summed E-state index contributed by atoms with van der Waals surface area (Å²) in [5, 5.41) is 0. The molecule has 0 N–H and O–H groups in total. The lowest BCUT2D eigenvalue weighted by molar-refractivity contribution is 0.0727. The third-order valence-corrected chi connectivity index (χ3v) is 2.20. The first-order valence-corrected chi connectivity index (χ1v) is 4.96. The SMILES string of the molecule is Cc1ccccc1C(=O)Oc1ccccn1. The number of benzene rings is 1. The number of rotatable bonds is 2. The minimum Gasteiger partial charge on any atom is -0.404 e. The molecule has 1 heterocycles. The summed E-state index contributed by atoms with van der Waals surface area (Å²) in [5.74, 6) is -0.0625. The van der Waals surface area contributed by atoms with Gasteiger partial charge in [-0.3, -0.25) is 0 Å². The van der Waals surface area contributed by atoms with E-state index in [9.17, 15) is 4.79 Å². The zero-order valence-electron chi connectivity index (χ0n) is 8.88. The fourth-order valence-electron chi connectivity index (χ4n) is 1.36. The molecule has 1 aromatic heterocycles. The van der Waals surface area contributed by atoms with E-state index in [2.05, 4.69) is 4.98 Å².